The highest BCUT2D eigenvalue weighted by atomic mass is 16.5. The van der Waals surface area contributed by atoms with Crippen LogP contribution in [0.4, 0.5) is 11.4 Å². The van der Waals surface area contributed by atoms with Crippen LogP contribution < -0.4 is 4.74 Å². The molecule has 3 nitrogen and oxygen atoms in total. The second-order valence-corrected chi connectivity index (χ2v) is 11.6. The Morgan fingerprint density at radius 1 is 0.383 bits per heavy atom. The second kappa shape index (κ2) is 14.4. The van der Waals surface area contributed by atoms with Gasteiger partial charge in [0.2, 0.25) is 0 Å². The second-order valence-electron chi connectivity index (χ2n) is 11.6. The minimum atomic E-state index is 0.746. The first-order chi connectivity index (χ1) is 23.0. The third-order valence-electron chi connectivity index (χ3n) is 8.08. The summed E-state index contributed by atoms with van der Waals surface area (Å²) in [5.41, 5.74) is 12.4. The molecule has 0 aliphatic carbocycles. The zero-order valence-electron chi connectivity index (χ0n) is 27.2. The fourth-order valence-electron chi connectivity index (χ4n) is 5.50. The number of rotatable bonds is 8. The molecular formula is C44H36N2O. The van der Waals surface area contributed by atoms with Crippen LogP contribution in [0, 0.1) is 27.7 Å². The monoisotopic (exact) mass is 608 g/mol. The van der Waals surface area contributed by atoms with Crippen molar-refractivity contribution >= 4 is 34.3 Å². The number of para-hydroxylation sites is 2. The Bertz CT molecular complexity index is 1930. The summed E-state index contributed by atoms with van der Waals surface area (Å²) in [5.74, 6) is 8.22. The highest BCUT2D eigenvalue weighted by molar-refractivity contribution is 6.00. The largest absolute Gasteiger partial charge is 0.457 e. The Kier molecular flexibility index (Phi) is 9.51. The maximum Gasteiger partial charge on any atom is 0.127 e. The van der Waals surface area contributed by atoms with Crippen LogP contribution in [0.25, 0.3) is 11.1 Å². The Labute approximate surface area is 277 Å². The lowest BCUT2D eigenvalue weighted by atomic mass is 9.99. The minimum absolute atomic E-state index is 0.746. The molecule has 0 spiro atoms. The van der Waals surface area contributed by atoms with Crippen molar-refractivity contribution in [1.29, 1.82) is 0 Å². The van der Waals surface area contributed by atoms with E-state index < -0.39 is 0 Å². The van der Waals surface area contributed by atoms with E-state index in [4.69, 9.17) is 14.7 Å². The maximum atomic E-state index is 6.27. The molecule has 228 valence electrons. The van der Waals surface area contributed by atoms with Crippen LogP contribution >= 0.6 is 0 Å². The lowest BCUT2D eigenvalue weighted by molar-refractivity contribution is 0.482. The van der Waals surface area contributed by atoms with Crippen molar-refractivity contribution in [1.82, 2.24) is 0 Å². The van der Waals surface area contributed by atoms with E-state index in [9.17, 15) is 0 Å². The molecule has 3 heteroatoms. The molecule has 0 amide bonds. The number of ether oxygens (including phenoxy) is 1. The molecule has 0 atom stereocenters. The summed E-state index contributed by atoms with van der Waals surface area (Å²) >= 11 is 0. The van der Waals surface area contributed by atoms with Crippen molar-refractivity contribution < 1.29 is 4.74 Å². The first-order valence-corrected chi connectivity index (χ1v) is 15.8. The van der Waals surface area contributed by atoms with E-state index in [0.29, 0.717) is 0 Å². The maximum absolute atomic E-state index is 6.27. The molecule has 0 N–H and O–H groups in total. The number of benzene rings is 6. The van der Waals surface area contributed by atoms with Gasteiger partial charge in [-0.25, -0.2) is 9.98 Å². The van der Waals surface area contributed by atoms with Gasteiger partial charge in [0, 0.05) is 0 Å². The predicted octanol–water partition coefficient (Wildman–Crippen LogP) is 11.6. The topological polar surface area (TPSA) is 34.0 Å². The van der Waals surface area contributed by atoms with Crippen molar-refractivity contribution in [2.24, 2.45) is 9.98 Å². The van der Waals surface area contributed by atoms with Crippen molar-refractivity contribution in [2.75, 3.05) is 0 Å². The van der Waals surface area contributed by atoms with Gasteiger partial charge in [-0.1, -0.05) is 97.1 Å². The molecule has 6 aromatic carbocycles. The van der Waals surface area contributed by atoms with E-state index in [1.165, 1.54) is 0 Å². The summed E-state index contributed by atoms with van der Waals surface area (Å²) in [6.45, 7) is 8.31. The first-order valence-electron chi connectivity index (χ1n) is 15.8. The standard InChI is InChI=1S/C44H36N2O/c1-31-13-11-14-32(2)43(31)45-29-41(35-17-7-5-8-18-35)37-21-25-39(26-22-37)47-40-27-23-38(24-28-40)42(36-19-9-6-10-20-36)30-46-44-33(3)15-12-16-34(44)4/h5-28H,1-4H3. The van der Waals surface area contributed by atoms with Crippen molar-refractivity contribution in [3.8, 4) is 11.5 Å². The lowest BCUT2D eigenvalue weighted by Gasteiger charge is -2.10. The summed E-state index contributed by atoms with van der Waals surface area (Å²) in [6.07, 6.45) is 0. The normalized spacial score (nSPS) is 10.4. The summed E-state index contributed by atoms with van der Waals surface area (Å²) in [6, 6.07) is 49.1. The molecule has 0 fully saturated rings. The van der Waals surface area contributed by atoms with E-state index >= 15 is 0 Å². The molecule has 0 saturated heterocycles. The Morgan fingerprint density at radius 3 is 1.04 bits per heavy atom. The molecule has 0 heterocycles. The number of hydrogen-bond acceptors (Lipinski definition) is 3. The fraction of sp³-hybridized carbons (Fsp3) is 0.0909. The van der Waals surface area contributed by atoms with Crippen LogP contribution in [0.5, 0.6) is 11.5 Å². The van der Waals surface area contributed by atoms with Gasteiger partial charge in [-0.2, -0.15) is 0 Å². The highest BCUT2D eigenvalue weighted by Crippen LogP contribution is 2.30. The average molecular weight is 609 g/mol. The Hall–Kier alpha value is -5.98. The molecule has 6 rings (SSSR count). The third-order valence-corrected chi connectivity index (χ3v) is 8.08. The molecule has 0 aliphatic heterocycles. The van der Waals surface area contributed by atoms with Crippen LogP contribution in [0.1, 0.15) is 44.5 Å². The molecular weight excluding hydrogens is 572 g/mol. The van der Waals surface area contributed by atoms with Crippen molar-refractivity contribution in [2.45, 2.75) is 27.7 Å². The van der Waals surface area contributed by atoms with Crippen LogP contribution in [0.15, 0.2) is 156 Å². The van der Waals surface area contributed by atoms with E-state index in [1.807, 2.05) is 60.7 Å². The number of aliphatic imine (C=N–C) groups is 2. The molecule has 0 aromatic heterocycles. The Balaban J connectivity index is 1.28. The lowest BCUT2D eigenvalue weighted by Crippen LogP contribution is -1.91. The van der Waals surface area contributed by atoms with Crippen molar-refractivity contribution in [3.63, 3.8) is 0 Å². The zero-order valence-corrected chi connectivity index (χ0v) is 27.2. The number of hydrogen-bond donors (Lipinski definition) is 0. The van der Waals surface area contributed by atoms with E-state index in [2.05, 4.69) is 124 Å². The summed E-state index contributed by atoms with van der Waals surface area (Å²) in [5, 5.41) is 0. The van der Waals surface area contributed by atoms with Gasteiger partial charge < -0.3 is 4.74 Å². The predicted molar refractivity (Wildman–Crippen MR) is 197 cm³/mol. The molecule has 0 aliphatic rings. The van der Waals surface area contributed by atoms with Crippen LogP contribution in [0.2, 0.25) is 0 Å². The van der Waals surface area contributed by atoms with Gasteiger partial charge in [0.1, 0.15) is 11.5 Å². The van der Waals surface area contributed by atoms with Gasteiger partial charge in [-0.05, 0) is 132 Å². The third kappa shape index (κ3) is 7.47. The number of nitrogens with zero attached hydrogens (tertiary/aromatic N) is 2. The molecule has 0 unspecified atom stereocenters. The molecule has 6 aromatic rings. The smallest absolute Gasteiger partial charge is 0.127 e. The van der Waals surface area contributed by atoms with Gasteiger partial charge in [-0.15, -0.1) is 0 Å². The Morgan fingerprint density at radius 2 is 0.702 bits per heavy atom. The molecule has 47 heavy (non-hydrogen) atoms. The van der Waals surface area contributed by atoms with Crippen molar-refractivity contribution in [3.05, 3.63) is 190 Å². The minimum Gasteiger partial charge on any atom is -0.457 e. The molecule has 0 radical (unpaired) electrons. The van der Waals surface area contributed by atoms with Gasteiger partial charge in [0.05, 0.1) is 22.5 Å². The van der Waals surface area contributed by atoms with Crippen LogP contribution in [-0.2, 0) is 0 Å². The summed E-state index contributed by atoms with van der Waals surface area (Å²) < 4.78 is 6.27. The zero-order chi connectivity index (χ0) is 32.6. The molecule has 0 bridgehead atoms. The van der Waals surface area contributed by atoms with E-state index in [1.54, 1.807) is 0 Å². The van der Waals surface area contributed by atoms with Gasteiger partial charge >= 0.3 is 0 Å². The van der Waals surface area contributed by atoms with Crippen LogP contribution in [0.3, 0.4) is 0 Å². The van der Waals surface area contributed by atoms with E-state index in [0.717, 1.165) is 78.5 Å². The summed E-state index contributed by atoms with van der Waals surface area (Å²) in [4.78, 5) is 9.60. The highest BCUT2D eigenvalue weighted by Gasteiger charge is 2.09. The fourth-order valence-corrected chi connectivity index (χ4v) is 5.50. The van der Waals surface area contributed by atoms with Gasteiger partial charge in [0.25, 0.3) is 0 Å². The average Bonchev–Trinajstić information content (AvgIpc) is 3.09. The van der Waals surface area contributed by atoms with E-state index in [-0.39, 0.29) is 0 Å². The molecule has 0 saturated carbocycles. The summed E-state index contributed by atoms with van der Waals surface area (Å²) in [7, 11) is 0. The van der Waals surface area contributed by atoms with Gasteiger partial charge in [0.15, 0.2) is 0 Å². The SMILES string of the molecule is Cc1cccc(C)c1N=C=C(c1ccccc1)c1ccc(Oc2ccc(C(=C=Nc3c(C)cccc3C)c3ccccc3)cc2)cc1. The number of aryl methyl sites for hydroxylation is 4. The first kappa shape index (κ1) is 31.0. The van der Waals surface area contributed by atoms with Crippen LogP contribution in [-0.4, -0.2) is 11.7 Å². The van der Waals surface area contributed by atoms with Gasteiger partial charge in [-0.3, -0.25) is 0 Å². The quantitative estimate of drug-likeness (QED) is 0.158.